The molecule has 0 bridgehead atoms. The molecule has 4 rings (SSSR count). The molecule has 1 N–H and O–H groups in total. The number of carbonyl (C=O) groups is 1. The predicted octanol–water partition coefficient (Wildman–Crippen LogP) is 5.44. The zero-order chi connectivity index (χ0) is 21.1. The van der Waals surface area contributed by atoms with Crippen molar-refractivity contribution in [3.8, 4) is 0 Å². The van der Waals surface area contributed by atoms with E-state index < -0.39 is 0 Å². The van der Waals surface area contributed by atoms with Gasteiger partial charge in [0.2, 0.25) is 0 Å². The number of imidazole rings is 1. The van der Waals surface area contributed by atoms with Crippen LogP contribution < -0.4 is 5.32 Å². The van der Waals surface area contributed by atoms with Crippen LogP contribution in [0.2, 0.25) is 0 Å². The fraction of sp³-hybridized carbons (Fsp3) is 0.200. The third-order valence-corrected chi connectivity index (χ3v) is 5.78. The lowest BCUT2D eigenvalue weighted by Gasteiger charge is -2.13. The topological polar surface area (TPSA) is 46.9 Å². The summed E-state index contributed by atoms with van der Waals surface area (Å²) >= 11 is 3.41. The number of carbonyl (C=O) groups excluding carboxylic acids is 1. The number of rotatable bonds is 6. The van der Waals surface area contributed by atoms with Gasteiger partial charge in [0, 0.05) is 29.5 Å². The summed E-state index contributed by atoms with van der Waals surface area (Å²) in [6.07, 6.45) is 0.666. The van der Waals surface area contributed by atoms with Crippen molar-refractivity contribution in [1.29, 1.82) is 0 Å². The molecule has 0 radical (unpaired) electrons. The monoisotopic (exact) mass is 461 g/mol. The van der Waals surface area contributed by atoms with Gasteiger partial charge < -0.3 is 9.88 Å². The number of nitrogens with zero attached hydrogens (tertiary/aromatic N) is 2. The van der Waals surface area contributed by atoms with Gasteiger partial charge in [0.05, 0.1) is 11.0 Å². The Morgan fingerprint density at radius 2 is 1.87 bits per heavy atom. The Balaban J connectivity index is 1.55. The van der Waals surface area contributed by atoms with E-state index in [9.17, 15) is 4.79 Å². The van der Waals surface area contributed by atoms with Gasteiger partial charge in [-0.05, 0) is 55.3 Å². The number of nitrogens with one attached hydrogen (secondary N) is 1. The van der Waals surface area contributed by atoms with Gasteiger partial charge in [0.15, 0.2) is 0 Å². The van der Waals surface area contributed by atoms with E-state index in [1.165, 1.54) is 16.7 Å². The van der Waals surface area contributed by atoms with Crippen LogP contribution in [-0.4, -0.2) is 22.0 Å². The smallest absolute Gasteiger partial charge is 0.251 e. The molecule has 4 nitrogen and oxygen atoms in total. The van der Waals surface area contributed by atoms with E-state index in [-0.39, 0.29) is 5.91 Å². The molecule has 3 aromatic carbocycles. The highest BCUT2D eigenvalue weighted by Crippen LogP contribution is 2.20. The van der Waals surface area contributed by atoms with Crippen LogP contribution in [-0.2, 0) is 13.0 Å². The van der Waals surface area contributed by atoms with Crippen molar-refractivity contribution in [2.24, 2.45) is 0 Å². The molecule has 152 valence electrons. The summed E-state index contributed by atoms with van der Waals surface area (Å²) in [4.78, 5) is 17.3. The Morgan fingerprint density at radius 3 is 2.70 bits per heavy atom. The Bertz CT molecular complexity index is 1210. The minimum absolute atomic E-state index is 0.0755. The minimum atomic E-state index is -0.0755. The summed E-state index contributed by atoms with van der Waals surface area (Å²) in [7, 11) is 0. The van der Waals surface area contributed by atoms with Gasteiger partial charge in [-0.3, -0.25) is 4.79 Å². The molecular weight excluding hydrogens is 438 g/mol. The van der Waals surface area contributed by atoms with Crippen LogP contribution in [0.15, 0.2) is 71.2 Å². The van der Waals surface area contributed by atoms with Gasteiger partial charge in [-0.25, -0.2) is 4.98 Å². The maximum absolute atomic E-state index is 12.5. The second-order valence-electron chi connectivity index (χ2n) is 7.55. The van der Waals surface area contributed by atoms with E-state index >= 15 is 0 Å². The maximum atomic E-state index is 12.5. The number of hydrogen-bond acceptors (Lipinski definition) is 2. The summed E-state index contributed by atoms with van der Waals surface area (Å²) in [5.74, 6) is 0.903. The maximum Gasteiger partial charge on any atom is 0.251 e. The molecule has 0 saturated heterocycles. The van der Waals surface area contributed by atoms with Crippen molar-refractivity contribution < 1.29 is 4.79 Å². The lowest BCUT2D eigenvalue weighted by Crippen LogP contribution is -2.26. The summed E-state index contributed by atoms with van der Waals surface area (Å²) in [5, 5.41) is 3.02. The van der Waals surface area contributed by atoms with Gasteiger partial charge in [-0.15, -0.1) is 0 Å². The van der Waals surface area contributed by atoms with E-state index in [2.05, 4.69) is 63.9 Å². The van der Waals surface area contributed by atoms with Crippen LogP contribution in [0.25, 0.3) is 11.0 Å². The first-order valence-electron chi connectivity index (χ1n) is 10.1. The van der Waals surface area contributed by atoms with Gasteiger partial charge in [0.1, 0.15) is 5.82 Å². The lowest BCUT2D eigenvalue weighted by molar-refractivity contribution is 0.0954. The van der Waals surface area contributed by atoms with E-state index in [0.717, 1.165) is 27.9 Å². The van der Waals surface area contributed by atoms with Crippen LogP contribution in [0.4, 0.5) is 0 Å². The first-order chi connectivity index (χ1) is 14.5. The molecule has 0 aliphatic heterocycles. The van der Waals surface area contributed by atoms with Crippen molar-refractivity contribution in [1.82, 2.24) is 14.9 Å². The molecule has 1 aromatic heterocycles. The number of para-hydroxylation sites is 2. The summed E-state index contributed by atoms with van der Waals surface area (Å²) in [6, 6.07) is 22.2. The number of benzene rings is 3. The van der Waals surface area contributed by atoms with Gasteiger partial charge in [-0.1, -0.05) is 57.9 Å². The summed E-state index contributed by atoms with van der Waals surface area (Å²) < 4.78 is 3.16. The lowest BCUT2D eigenvalue weighted by atomic mass is 10.1. The molecule has 30 heavy (non-hydrogen) atoms. The van der Waals surface area contributed by atoms with Crippen LogP contribution in [0.3, 0.4) is 0 Å². The third-order valence-electron chi connectivity index (χ3n) is 5.29. The first kappa shape index (κ1) is 20.4. The summed E-state index contributed by atoms with van der Waals surface area (Å²) in [5.41, 5.74) is 6.56. The minimum Gasteiger partial charge on any atom is -0.352 e. The second kappa shape index (κ2) is 8.84. The first-order valence-corrected chi connectivity index (χ1v) is 10.8. The van der Waals surface area contributed by atoms with Crippen molar-refractivity contribution in [3.05, 3.63) is 99.3 Å². The SMILES string of the molecule is Cc1ccc(C)c(Cn2c(CCNC(=O)c3cccc(Br)c3)nc3ccccc32)c1. The third kappa shape index (κ3) is 4.46. The average Bonchev–Trinajstić information content (AvgIpc) is 3.08. The number of fused-ring (bicyclic) bond motifs is 1. The van der Waals surface area contributed by atoms with Crippen molar-refractivity contribution in [3.63, 3.8) is 0 Å². The fourth-order valence-corrected chi connectivity index (χ4v) is 4.05. The second-order valence-corrected chi connectivity index (χ2v) is 8.46. The van der Waals surface area contributed by atoms with E-state index in [1.54, 1.807) is 0 Å². The van der Waals surface area contributed by atoms with Gasteiger partial charge in [0.25, 0.3) is 5.91 Å². The molecule has 0 atom stereocenters. The molecular formula is C25H24BrN3O. The average molecular weight is 462 g/mol. The quantitative estimate of drug-likeness (QED) is 0.415. The number of halogens is 1. The molecule has 0 unspecified atom stereocenters. The molecule has 1 heterocycles. The van der Waals surface area contributed by atoms with Crippen molar-refractivity contribution >= 4 is 32.9 Å². The Labute approximate surface area is 185 Å². The molecule has 1 amide bonds. The molecule has 0 aliphatic carbocycles. The van der Waals surface area contributed by atoms with Crippen molar-refractivity contribution in [2.75, 3.05) is 6.54 Å². The molecule has 0 fully saturated rings. The highest BCUT2D eigenvalue weighted by atomic mass is 79.9. The Hall–Kier alpha value is -2.92. The highest BCUT2D eigenvalue weighted by molar-refractivity contribution is 9.10. The number of aromatic nitrogens is 2. The standard InChI is InChI=1S/C25H24BrN3O/c1-17-10-11-18(2)20(14-17)16-29-23-9-4-3-8-22(23)28-24(29)12-13-27-25(30)19-6-5-7-21(26)15-19/h3-11,14-15H,12-13,16H2,1-2H3,(H,27,30). The van der Waals surface area contributed by atoms with E-state index in [4.69, 9.17) is 4.98 Å². The summed E-state index contributed by atoms with van der Waals surface area (Å²) in [6.45, 7) is 5.56. The number of amides is 1. The predicted molar refractivity (Wildman–Crippen MR) is 125 cm³/mol. The van der Waals surface area contributed by atoms with Crippen LogP contribution in [0.5, 0.6) is 0 Å². The highest BCUT2D eigenvalue weighted by Gasteiger charge is 2.13. The van der Waals surface area contributed by atoms with E-state index in [0.29, 0.717) is 18.5 Å². The fourth-order valence-electron chi connectivity index (χ4n) is 3.65. The molecule has 5 heteroatoms. The molecule has 0 aliphatic rings. The Kier molecular flexibility index (Phi) is 6.00. The molecule has 0 spiro atoms. The largest absolute Gasteiger partial charge is 0.352 e. The Morgan fingerprint density at radius 1 is 1.03 bits per heavy atom. The normalized spacial score (nSPS) is 11.0. The molecule has 0 saturated carbocycles. The number of hydrogen-bond donors (Lipinski definition) is 1. The zero-order valence-corrected chi connectivity index (χ0v) is 18.7. The zero-order valence-electron chi connectivity index (χ0n) is 17.2. The van der Waals surface area contributed by atoms with Gasteiger partial charge >= 0.3 is 0 Å². The van der Waals surface area contributed by atoms with Crippen LogP contribution in [0.1, 0.15) is 32.9 Å². The van der Waals surface area contributed by atoms with Crippen molar-refractivity contribution in [2.45, 2.75) is 26.8 Å². The number of aryl methyl sites for hydroxylation is 2. The van der Waals surface area contributed by atoms with E-state index in [1.807, 2.05) is 42.5 Å². The van der Waals surface area contributed by atoms with Gasteiger partial charge in [-0.2, -0.15) is 0 Å². The molecule has 4 aromatic rings. The van der Waals surface area contributed by atoms with Crippen LogP contribution in [0, 0.1) is 13.8 Å². The van der Waals surface area contributed by atoms with Crippen LogP contribution >= 0.6 is 15.9 Å².